The van der Waals surface area contributed by atoms with Crippen LogP contribution in [0.25, 0.3) is 16.9 Å². The largest absolute Gasteiger partial charge is 0.497 e. The standard InChI is InChI=1S/C23H22B3N3O4S/c1-22(13-33-23(24,25)26)7-3-8-28(22)21(30)19-17-11-32-18-10-15(31-2)4-5-16(18)20(17)29(27-19)14-6-9-34-12-14/h4-6,9-10,12H,3,7-8,11,13H2,1-2H3. The Hall–Kier alpha value is -2.65. The number of rotatable bonds is 6. The molecule has 7 nitrogen and oxygen atoms in total. The van der Waals surface area contributed by atoms with Gasteiger partial charge in [0, 0.05) is 29.1 Å². The predicted octanol–water partition coefficient (Wildman–Crippen LogP) is 2.63. The summed E-state index contributed by atoms with van der Waals surface area (Å²) in [6.45, 7) is 2.86. The van der Waals surface area contributed by atoms with Gasteiger partial charge in [-0.1, -0.05) is 0 Å². The summed E-state index contributed by atoms with van der Waals surface area (Å²) >= 11 is 1.56. The third-order valence-corrected chi connectivity index (χ3v) is 7.05. The molecular weight excluding hydrogens is 447 g/mol. The van der Waals surface area contributed by atoms with Crippen molar-refractivity contribution in [3.05, 3.63) is 46.3 Å². The highest BCUT2D eigenvalue weighted by molar-refractivity contribution is 7.08. The number of carbonyl (C=O) groups excluding carboxylic acids is 1. The number of carbonyl (C=O) groups is 1. The number of aromatic nitrogens is 2. The van der Waals surface area contributed by atoms with Gasteiger partial charge in [-0.2, -0.15) is 16.4 Å². The number of hydrogen-bond donors (Lipinski definition) is 0. The molecule has 1 atom stereocenters. The van der Waals surface area contributed by atoms with Crippen molar-refractivity contribution in [1.29, 1.82) is 0 Å². The van der Waals surface area contributed by atoms with E-state index in [1.807, 2.05) is 46.6 Å². The maximum absolute atomic E-state index is 13.9. The van der Waals surface area contributed by atoms with Gasteiger partial charge in [-0.25, -0.2) is 4.68 Å². The number of thiophene rings is 1. The monoisotopic (exact) mass is 469 g/mol. The molecule has 0 bridgehead atoms. The molecule has 0 spiro atoms. The SMILES string of the molecule is [B]C([B])([B])OCC1(C)CCCN1C(=O)c1nn(-c2ccsc2)c2c1COc1cc(OC)ccc1-2. The van der Waals surface area contributed by atoms with Crippen molar-refractivity contribution in [2.24, 2.45) is 0 Å². The van der Waals surface area contributed by atoms with Crippen molar-refractivity contribution in [2.75, 3.05) is 20.3 Å². The van der Waals surface area contributed by atoms with Crippen molar-refractivity contribution in [1.82, 2.24) is 14.7 Å². The van der Waals surface area contributed by atoms with E-state index in [0.717, 1.165) is 35.3 Å². The molecular formula is C23H22B3N3O4S. The van der Waals surface area contributed by atoms with Gasteiger partial charge in [0.1, 0.15) is 18.1 Å². The number of hydrogen-bond acceptors (Lipinski definition) is 6. The van der Waals surface area contributed by atoms with Crippen LogP contribution in [0.2, 0.25) is 0 Å². The summed E-state index contributed by atoms with van der Waals surface area (Å²) < 4.78 is 18.7. The fraction of sp³-hybridized carbons (Fsp3) is 0.391. The lowest BCUT2D eigenvalue weighted by Crippen LogP contribution is -2.51. The predicted molar refractivity (Wildman–Crippen MR) is 132 cm³/mol. The van der Waals surface area contributed by atoms with Gasteiger partial charge in [0.15, 0.2) is 5.69 Å². The number of methoxy groups -OCH3 is 1. The molecule has 5 rings (SSSR count). The van der Waals surface area contributed by atoms with Gasteiger partial charge in [-0.15, -0.1) is 0 Å². The van der Waals surface area contributed by atoms with E-state index < -0.39 is 10.8 Å². The summed E-state index contributed by atoms with van der Waals surface area (Å²) in [5.74, 6) is 1.20. The van der Waals surface area contributed by atoms with Crippen molar-refractivity contribution in [3.63, 3.8) is 0 Å². The van der Waals surface area contributed by atoms with Crippen LogP contribution in [0.15, 0.2) is 35.0 Å². The van der Waals surface area contributed by atoms with Gasteiger partial charge in [0.05, 0.1) is 54.2 Å². The first-order valence-electron chi connectivity index (χ1n) is 11.0. The molecule has 1 unspecified atom stereocenters. The maximum Gasteiger partial charge on any atom is 0.275 e. The van der Waals surface area contributed by atoms with Crippen LogP contribution in [0, 0.1) is 0 Å². The lowest BCUT2D eigenvalue weighted by atomic mass is 9.52. The molecule has 2 aliphatic heterocycles. The molecule has 168 valence electrons. The number of nitrogens with zero attached hydrogens (tertiary/aromatic N) is 3. The Morgan fingerprint density at radius 3 is 2.85 bits per heavy atom. The number of likely N-dealkylation sites (tertiary alicyclic amines) is 1. The molecule has 0 saturated carbocycles. The first kappa shape index (κ1) is 23.1. The second kappa shape index (κ2) is 8.54. The minimum Gasteiger partial charge on any atom is -0.497 e. The smallest absolute Gasteiger partial charge is 0.275 e. The Morgan fingerprint density at radius 1 is 1.32 bits per heavy atom. The van der Waals surface area contributed by atoms with Gasteiger partial charge in [0.2, 0.25) is 0 Å². The van der Waals surface area contributed by atoms with E-state index in [1.165, 1.54) is 0 Å². The second-order valence-corrected chi connectivity index (χ2v) is 9.70. The van der Waals surface area contributed by atoms with Gasteiger partial charge >= 0.3 is 0 Å². The molecule has 11 heteroatoms. The molecule has 0 N–H and O–H groups in total. The molecule has 6 radical (unpaired) electrons. The minimum absolute atomic E-state index is 0.120. The average molecular weight is 469 g/mol. The third-order valence-electron chi connectivity index (χ3n) is 6.38. The van der Waals surface area contributed by atoms with Gasteiger partial charge < -0.3 is 19.1 Å². The Morgan fingerprint density at radius 2 is 2.15 bits per heavy atom. The van der Waals surface area contributed by atoms with Gasteiger partial charge in [-0.3, -0.25) is 4.79 Å². The van der Waals surface area contributed by atoms with E-state index in [1.54, 1.807) is 23.3 Å². The molecule has 1 aromatic carbocycles. The van der Waals surface area contributed by atoms with E-state index >= 15 is 0 Å². The Bertz CT molecular complexity index is 1230. The van der Waals surface area contributed by atoms with Crippen LogP contribution in [-0.4, -0.2) is 75.2 Å². The van der Waals surface area contributed by atoms with E-state index in [-0.39, 0.29) is 19.1 Å². The fourth-order valence-corrected chi connectivity index (χ4v) is 5.24. The molecule has 1 saturated heterocycles. The fourth-order valence-electron chi connectivity index (χ4n) is 4.62. The highest BCUT2D eigenvalue weighted by Crippen LogP contribution is 2.43. The molecule has 2 aliphatic rings. The summed E-state index contributed by atoms with van der Waals surface area (Å²) in [5, 5.41) is 7.01. The molecule has 4 heterocycles. The summed E-state index contributed by atoms with van der Waals surface area (Å²) in [6, 6.07) is 7.62. The summed E-state index contributed by atoms with van der Waals surface area (Å²) in [6.07, 6.45) is 1.56. The molecule has 0 aliphatic carbocycles. The second-order valence-electron chi connectivity index (χ2n) is 8.92. The third kappa shape index (κ3) is 4.05. The molecule has 2 aromatic heterocycles. The summed E-state index contributed by atoms with van der Waals surface area (Å²) in [5.41, 5.74) is 3.07. The first-order valence-corrected chi connectivity index (χ1v) is 11.9. The van der Waals surface area contributed by atoms with Crippen LogP contribution >= 0.6 is 11.3 Å². The molecule has 3 aromatic rings. The summed E-state index contributed by atoms with van der Waals surface area (Å²) in [7, 11) is 18.4. The topological polar surface area (TPSA) is 65.8 Å². The van der Waals surface area contributed by atoms with Crippen molar-refractivity contribution < 1.29 is 19.0 Å². The highest BCUT2D eigenvalue weighted by atomic mass is 32.1. The number of fused-ring (bicyclic) bond motifs is 3. The molecule has 1 fully saturated rings. The lowest BCUT2D eigenvalue weighted by Gasteiger charge is -2.37. The quantitative estimate of drug-likeness (QED) is 0.520. The zero-order valence-corrected chi connectivity index (χ0v) is 19.9. The Labute approximate surface area is 206 Å². The van der Waals surface area contributed by atoms with Gasteiger partial charge in [-0.05, 0) is 48.6 Å². The van der Waals surface area contributed by atoms with Crippen LogP contribution in [0.4, 0.5) is 0 Å². The number of amides is 1. The van der Waals surface area contributed by atoms with Crippen LogP contribution in [0.3, 0.4) is 0 Å². The van der Waals surface area contributed by atoms with E-state index in [2.05, 4.69) is 0 Å². The minimum atomic E-state index is -1.77. The maximum atomic E-state index is 13.9. The van der Waals surface area contributed by atoms with Crippen molar-refractivity contribution in [2.45, 2.75) is 37.2 Å². The Kier molecular flexibility index (Phi) is 5.80. The van der Waals surface area contributed by atoms with Crippen LogP contribution in [-0.2, 0) is 11.3 Å². The molecule has 1 amide bonds. The zero-order chi connectivity index (χ0) is 24.1. The van der Waals surface area contributed by atoms with Gasteiger partial charge in [0.25, 0.3) is 5.91 Å². The van der Waals surface area contributed by atoms with E-state index in [9.17, 15) is 4.79 Å². The van der Waals surface area contributed by atoms with Crippen molar-refractivity contribution in [3.8, 4) is 28.4 Å². The number of ether oxygens (including phenoxy) is 3. The van der Waals surface area contributed by atoms with Crippen LogP contribution in [0.5, 0.6) is 11.5 Å². The van der Waals surface area contributed by atoms with E-state index in [4.69, 9.17) is 42.8 Å². The summed E-state index contributed by atoms with van der Waals surface area (Å²) in [4.78, 5) is 15.7. The average Bonchev–Trinajstić information content (AvgIpc) is 3.55. The molecule has 34 heavy (non-hydrogen) atoms. The van der Waals surface area contributed by atoms with Crippen molar-refractivity contribution >= 4 is 40.8 Å². The zero-order valence-electron chi connectivity index (χ0n) is 19.1. The van der Waals surface area contributed by atoms with Crippen LogP contribution in [0.1, 0.15) is 35.8 Å². The van der Waals surface area contributed by atoms with E-state index in [0.29, 0.717) is 23.7 Å². The normalized spacial score (nSPS) is 19.4. The Balaban J connectivity index is 1.58. The first-order chi connectivity index (χ1) is 16.2. The van der Waals surface area contributed by atoms with Crippen LogP contribution < -0.4 is 9.47 Å². The number of benzene rings is 1. The lowest BCUT2D eigenvalue weighted by molar-refractivity contribution is 0.0180. The highest BCUT2D eigenvalue weighted by Gasteiger charge is 2.43.